The third-order valence-electron chi connectivity index (χ3n) is 6.31. The average Bonchev–Trinajstić information content (AvgIpc) is 3.01. The molecule has 0 bridgehead atoms. The molecule has 0 unspecified atom stereocenters. The molecule has 0 amide bonds. The van der Waals surface area contributed by atoms with E-state index < -0.39 is 17.8 Å². The Kier molecular flexibility index (Phi) is 10.4. The maximum Gasteiger partial charge on any atom is 0.330 e. The molecule has 216 valence electrons. The second-order valence-corrected chi connectivity index (χ2v) is 9.18. The molecule has 4 aromatic rings. The number of esters is 2. The first-order valence-electron chi connectivity index (χ1n) is 13.4. The van der Waals surface area contributed by atoms with Gasteiger partial charge >= 0.3 is 11.9 Å². The molecule has 0 radical (unpaired) electrons. The first-order valence-corrected chi connectivity index (χ1v) is 13.4. The van der Waals surface area contributed by atoms with Gasteiger partial charge in [-0.15, -0.1) is 0 Å². The van der Waals surface area contributed by atoms with E-state index in [1.54, 1.807) is 60.7 Å². The van der Waals surface area contributed by atoms with Crippen molar-refractivity contribution < 1.29 is 37.3 Å². The third-order valence-corrected chi connectivity index (χ3v) is 6.31. The Morgan fingerprint density at radius 2 is 1.26 bits per heavy atom. The van der Waals surface area contributed by atoms with Crippen LogP contribution in [0.2, 0.25) is 0 Å². The van der Waals surface area contributed by atoms with Gasteiger partial charge in [0.25, 0.3) is 0 Å². The number of fused-ring (bicyclic) bond motifs is 1. The van der Waals surface area contributed by atoms with E-state index in [0.717, 1.165) is 17.7 Å². The number of carbonyl (C=O) groups excluding carboxylic acids is 2. The zero-order valence-corrected chi connectivity index (χ0v) is 22.9. The van der Waals surface area contributed by atoms with Crippen molar-refractivity contribution in [2.24, 2.45) is 0 Å². The topological polar surface area (TPSA) is 71.1 Å². The van der Waals surface area contributed by atoms with Gasteiger partial charge in [0.2, 0.25) is 0 Å². The summed E-state index contributed by atoms with van der Waals surface area (Å²) in [4.78, 5) is 22.1. The summed E-state index contributed by atoms with van der Waals surface area (Å²) in [5.74, 6) is -1.15. The van der Waals surface area contributed by atoms with Gasteiger partial charge in [0, 0.05) is 35.9 Å². The van der Waals surface area contributed by atoms with E-state index in [1.165, 1.54) is 6.07 Å². The van der Waals surface area contributed by atoms with E-state index >= 15 is 8.78 Å². The lowest BCUT2D eigenvalue weighted by Gasteiger charge is -2.11. The molecule has 6 nitrogen and oxygen atoms in total. The SMILES string of the molecule is C=CC(=O)OCCCOc1ccc(-c2ccc(-c3ccc4c(F)c(OCCCOC(=O)C=C)ccc4c3)cc2F)cc1. The van der Waals surface area contributed by atoms with Crippen LogP contribution in [-0.4, -0.2) is 38.4 Å². The van der Waals surface area contributed by atoms with Gasteiger partial charge < -0.3 is 18.9 Å². The Hall–Kier alpha value is -4.98. The van der Waals surface area contributed by atoms with E-state index in [2.05, 4.69) is 13.2 Å². The molecule has 4 aromatic carbocycles. The fourth-order valence-corrected chi connectivity index (χ4v) is 4.18. The number of benzene rings is 4. The molecule has 0 saturated carbocycles. The van der Waals surface area contributed by atoms with Crippen molar-refractivity contribution in [2.45, 2.75) is 12.8 Å². The van der Waals surface area contributed by atoms with E-state index in [1.807, 2.05) is 6.07 Å². The second-order valence-electron chi connectivity index (χ2n) is 9.18. The Morgan fingerprint density at radius 3 is 1.90 bits per heavy atom. The molecule has 42 heavy (non-hydrogen) atoms. The van der Waals surface area contributed by atoms with Crippen molar-refractivity contribution >= 4 is 22.7 Å². The minimum Gasteiger partial charge on any atom is -0.493 e. The minimum atomic E-state index is -0.517. The summed E-state index contributed by atoms with van der Waals surface area (Å²) in [6, 6.07) is 20.5. The summed E-state index contributed by atoms with van der Waals surface area (Å²) in [5.41, 5.74) is 2.53. The zero-order valence-electron chi connectivity index (χ0n) is 22.9. The first-order chi connectivity index (χ1) is 20.4. The molecule has 0 saturated heterocycles. The summed E-state index contributed by atoms with van der Waals surface area (Å²) in [7, 11) is 0. The molecule has 0 spiro atoms. The number of hydrogen-bond donors (Lipinski definition) is 0. The number of rotatable bonds is 14. The lowest BCUT2D eigenvalue weighted by molar-refractivity contribution is -0.138. The lowest BCUT2D eigenvalue weighted by Crippen LogP contribution is -2.07. The van der Waals surface area contributed by atoms with Gasteiger partial charge in [-0.05, 0) is 52.4 Å². The van der Waals surface area contributed by atoms with Crippen LogP contribution in [0.15, 0.2) is 98.1 Å². The second kappa shape index (κ2) is 14.6. The van der Waals surface area contributed by atoms with Gasteiger partial charge in [0.15, 0.2) is 11.6 Å². The average molecular weight is 573 g/mol. The first kappa shape index (κ1) is 30.0. The van der Waals surface area contributed by atoms with E-state index in [4.69, 9.17) is 18.9 Å². The molecule has 0 aromatic heterocycles. The van der Waals surface area contributed by atoms with Crippen LogP contribution >= 0.6 is 0 Å². The third kappa shape index (κ3) is 7.81. The lowest BCUT2D eigenvalue weighted by atomic mass is 9.97. The van der Waals surface area contributed by atoms with Crippen molar-refractivity contribution in [3.05, 3.63) is 110 Å². The van der Waals surface area contributed by atoms with E-state index in [0.29, 0.717) is 52.7 Å². The van der Waals surface area contributed by atoms with Gasteiger partial charge in [0.1, 0.15) is 11.6 Å². The zero-order chi connectivity index (χ0) is 29.9. The van der Waals surface area contributed by atoms with Gasteiger partial charge in [-0.2, -0.15) is 0 Å². The molecule has 0 atom stereocenters. The van der Waals surface area contributed by atoms with Gasteiger partial charge in [-0.1, -0.05) is 55.6 Å². The van der Waals surface area contributed by atoms with Crippen molar-refractivity contribution in [3.8, 4) is 33.8 Å². The van der Waals surface area contributed by atoms with E-state index in [-0.39, 0.29) is 31.4 Å². The molecular weight excluding hydrogens is 542 g/mol. The highest BCUT2D eigenvalue weighted by atomic mass is 19.1. The van der Waals surface area contributed by atoms with Crippen LogP contribution < -0.4 is 9.47 Å². The minimum absolute atomic E-state index is 0.103. The molecular formula is C34H30F2O6. The Balaban J connectivity index is 1.38. The van der Waals surface area contributed by atoms with Crippen molar-refractivity contribution in [2.75, 3.05) is 26.4 Å². The standard InChI is InChI=1S/C34H30F2O6/c1-3-32(37)41-19-5-17-39-27-12-7-23(8-13-27)28-14-9-25(22-30(28)35)24-10-15-29-26(21-24)11-16-31(34(29)36)40-18-6-20-42-33(38)4-2/h3-4,7-16,21-22H,1-2,5-6,17-20H2. The van der Waals surface area contributed by atoms with Crippen LogP contribution in [0, 0.1) is 11.6 Å². The number of ether oxygens (including phenoxy) is 4. The number of hydrogen-bond acceptors (Lipinski definition) is 6. The molecule has 0 aliphatic rings. The quantitative estimate of drug-likeness (QED) is 0.0888. The largest absolute Gasteiger partial charge is 0.493 e. The highest BCUT2D eigenvalue weighted by molar-refractivity contribution is 5.89. The van der Waals surface area contributed by atoms with Crippen LogP contribution in [0.3, 0.4) is 0 Å². The normalized spacial score (nSPS) is 10.6. The summed E-state index contributed by atoms with van der Waals surface area (Å²) >= 11 is 0. The van der Waals surface area contributed by atoms with Gasteiger partial charge in [0.05, 0.1) is 26.4 Å². The molecule has 0 N–H and O–H groups in total. The maximum atomic E-state index is 15.2. The molecule has 4 rings (SSSR count). The van der Waals surface area contributed by atoms with Crippen LogP contribution in [0.5, 0.6) is 11.5 Å². The molecule has 0 fully saturated rings. The predicted molar refractivity (Wildman–Crippen MR) is 157 cm³/mol. The van der Waals surface area contributed by atoms with Crippen molar-refractivity contribution in [1.82, 2.24) is 0 Å². The van der Waals surface area contributed by atoms with Crippen molar-refractivity contribution in [3.63, 3.8) is 0 Å². The van der Waals surface area contributed by atoms with Crippen LogP contribution in [0.1, 0.15) is 12.8 Å². The van der Waals surface area contributed by atoms with Gasteiger partial charge in [-0.25, -0.2) is 18.4 Å². The predicted octanol–water partition coefficient (Wildman–Crippen LogP) is 7.45. The summed E-state index contributed by atoms with van der Waals surface area (Å²) in [6.45, 7) is 7.60. The molecule has 0 aliphatic heterocycles. The fourth-order valence-electron chi connectivity index (χ4n) is 4.18. The smallest absolute Gasteiger partial charge is 0.330 e. The Labute approximate surface area is 242 Å². The Morgan fingerprint density at radius 1 is 0.667 bits per heavy atom. The van der Waals surface area contributed by atoms with Crippen LogP contribution in [-0.2, 0) is 19.1 Å². The molecule has 0 aliphatic carbocycles. The fraction of sp³-hybridized carbons (Fsp3) is 0.176. The summed E-state index contributed by atoms with van der Waals surface area (Å²) in [6.07, 6.45) is 3.13. The number of carbonyl (C=O) groups is 2. The highest BCUT2D eigenvalue weighted by Crippen LogP contribution is 2.33. The van der Waals surface area contributed by atoms with Crippen LogP contribution in [0.25, 0.3) is 33.0 Å². The summed E-state index contributed by atoms with van der Waals surface area (Å²) < 4.78 is 51.2. The van der Waals surface area contributed by atoms with Gasteiger partial charge in [-0.3, -0.25) is 0 Å². The maximum absolute atomic E-state index is 15.2. The molecule has 0 heterocycles. The van der Waals surface area contributed by atoms with E-state index in [9.17, 15) is 9.59 Å². The molecule has 8 heteroatoms. The summed E-state index contributed by atoms with van der Waals surface area (Å²) in [5, 5.41) is 1.03. The van der Waals surface area contributed by atoms with Crippen molar-refractivity contribution in [1.29, 1.82) is 0 Å². The monoisotopic (exact) mass is 572 g/mol. The highest BCUT2D eigenvalue weighted by Gasteiger charge is 2.12. The van der Waals surface area contributed by atoms with Crippen LogP contribution in [0.4, 0.5) is 8.78 Å². The Bertz CT molecular complexity index is 1580. The number of halogens is 2.